The third-order valence-electron chi connectivity index (χ3n) is 4.64. The molecule has 0 heterocycles. The summed E-state index contributed by atoms with van der Waals surface area (Å²) in [6.07, 6.45) is 6.58. The number of hydrogen-bond acceptors (Lipinski definition) is 3. The normalized spacial score (nSPS) is 33.5. The van der Waals surface area contributed by atoms with Crippen LogP contribution >= 0.6 is 0 Å². The number of hydrogen-bond donors (Lipinski definition) is 1. The summed E-state index contributed by atoms with van der Waals surface area (Å²) in [4.78, 5) is 2.45. The van der Waals surface area contributed by atoms with Crippen molar-refractivity contribution in [2.45, 2.75) is 44.6 Å². The van der Waals surface area contributed by atoms with Gasteiger partial charge in [-0.3, -0.25) is 4.90 Å². The maximum atomic E-state index is 6.01. The van der Waals surface area contributed by atoms with E-state index < -0.39 is 0 Å². The van der Waals surface area contributed by atoms with Gasteiger partial charge in [-0.25, -0.2) is 0 Å². The Kier molecular flexibility index (Phi) is 4.45. The lowest BCUT2D eigenvalue weighted by Gasteiger charge is -2.38. The molecule has 100 valence electrons. The number of ether oxygens (including phenoxy) is 1. The predicted octanol–water partition coefficient (Wildman–Crippen LogP) is 1.86. The molecule has 0 bridgehead atoms. The molecule has 0 aromatic heterocycles. The molecule has 0 radical (unpaired) electrons. The molecule has 0 aromatic carbocycles. The van der Waals surface area contributed by atoms with Gasteiger partial charge in [-0.2, -0.15) is 0 Å². The quantitative estimate of drug-likeness (QED) is 0.690. The summed E-state index contributed by atoms with van der Waals surface area (Å²) < 4.78 is 5.72. The Labute approximate surface area is 106 Å². The molecule has 17 heavy (non-hydrogen) atoms. The van der Waals surface area contributed by atoms with Crippen LogP contribution in [0.3, 0.4) is 0 Å². The highest BCUT2D eigenvalue weighted by Crippen LogP contribution is 2.37. The minimum Gasteiger partial charge on any atom is -0.380 e. The van der Waals surface area contributed by atoms with Crippen LogP contribution in [-0.2, 0) is 4.74 Å². The predicted molar refractivity (Wildman–Crippen MR) is 71.0 cm³/mol. The number of nitrogens with two attached hydrogens (primary N) is 1. The summed E-state index contributed by atoms with van der Waals surface area (Å²) in [6, 6.07) is 0. The molecular formula is C14H28N2O. The monoisotopic (exact) mass is 240 g/mol. The van der Waals surface area contributed by atoms with Crippen LogP contribution in [-0.4, -0.2) is 43.8 Å². The highest BCUT2D eigenvalue weighted by molar-refractivity contribution is 4.96. The summed E-state index contributed by atoms with van der Waals surface area (Å²) in [5.74, 6) is 1.70. The fourth-order valence-electron chi connectivity index (χ4n) is 3.03. The number of rotatable bonds is 7. The molecule has 2 aliphatic rings. The van der Waals surface area contributed by atoms with Gasteiger partial charge in [-0.05, 0) is 51.0 Å². The van der Waals surface area contributed by atoms with E-state index in [2.05, 4.69) is 18.9 Å². The fraction of sp³-hybridized carbons (Fsp3) is 1.00. The molecule has 2 rings (SSSR count). The second-order valence-corrected chi connectivity index (χ2v) is 6.22. The first-order valence-corrected chi connectivity index (χ1v) is 7.15. The maximum Gasteiger partial charge on any atom is 0.0593 e. The van der Waals surface area contributed by atoms with Gasteiger partial charge < -0.3 is 10.5 Å². The lowest BCUT2D eigenvalue weighted by Crippen LogP contribution is -2.51. The van der Waals surface area contributed by atoms with Gasteiger partial charge in [0.1, 0.15) is 0 Å². The van der Waals surface area contributed by atoms with E-state index in [1.807, 2.05) is 0 Å². The van der Waals surface area contributed by atoms with Crippen molar-refractivity contribution >= 4 is 0 Å². The SMILES string of the molecule is CC1CCC(CN)(N(C)CCOCC2CC2)C1. The lowest BCUT2D eigenvalue weighted by molar-refractivity contribution is 0.0598. The van der Waals surface area contributed by atoms with Crippen molar-refractivity contribution in [2.24, 2.45) is 17.6 Å². The molecule has 0 aromatic rings. The van der Waals surface area contributed by atoms with E-state index in [0.717, 1.165) is 38.1 Å². The van der Waals surface area contributed by atoms with Crippen molar-refractivity contribution in [2.75, 3.05) is 33.4 Å². The average Bonchev–Trinajstić information content (AvgIpc) is 3.07. The van der Waals surface area contributed by atoms with Crippen molar-refractivity contribution in [3.8, 4) is 0 Å². The van der Waals surface area contributed by atoms with Crippen molar-refractivity contribution in [3.05, 3.63) is 0 Å². The Morgan fingerprint density at radius 2 is 2.12 bits per heavy atom. The average molecular weight is 240 g/mol. The summed E-state index contributed by atoms with van der Waals surface area (Å²) >= 11 is 0. The summed E-state index contributed by atoms with van der Waals surface area (Å²) in [5.41, 5.74) is 6.26. The molecule has 0 spiro atoms. The Hall–Kier alpha value is -0.120. The van der Waals surface area contributed by atoms with E-state index in [0.29, 0.717) is 0 Å². The summed E-state index contributed by atoms with van der Waals surface area (Å²) in [6.45, 7) is 5.99. The highest BCUT2D eigenvalue weighted by atomic mass is 16.5. The molecule has 2 aliphatic carbocycles. The molecule has 2 fully saturated rings. The maximum absolute atomic E-state index is 6.01. The van der Waals surface area contributed by atoms with Gasteiger partial charge in [0.15, 0.2) is 0 Å². The second-order valence-electron chi connectivity index (χ2n) is 6.22. The van der Waals surface area contributed by atoms with Crippen LogP contribution in [0.15, 0.2) is 0 Å². The number of nitrogens with zero attached hydrogens (tertiary/aromatic N) is 1. The van der Waals surface area contributed by atoms with Crippen LogP contribution in [0.2, 0.25) is 0 Å². The van der Waals surface area contributed by atoms with E-state index in [1.54, 1.807) is 0 Å². The summed E-state index contributed by atoms with van der Waals surface area (Å²) in [7, 11) is 2.21. The molecule has 2 N–H and O–H groups in total. The minimum absolute atomic E-state index is 0.252. The summed E-state index contributed by atoms with van der Waals surface area (Å²) in [5, 5.41) is 0. The first kappa shape index (κ1) is 13.3. The molecular weight excluding hydrogens is 212 g/mol. The first-order chi connectivity index (χ1) is 8.16. The third kappa shape index (κ3) is 3.43. The molecule has 0 aliphatic heterocycles. The Bertz CT molecular complexity index is 242. The van der Waals surface area contributed by atoms with E-state index in [1.165, 1.54) is 32.1 Å². The van der Waals surface area contributed by atoms with Crippen molar-refractivity contribution in [3.63, 3.8) is 0 Å². The van der Waals surface area contributed by atoms with Crippen molar-refractivity contribution < 1.29 is 4.74 Å². The van der Waals surface area contributed by atoms with E-state index in [-0.39, 0.29) is 5.54 Å². The Morgan fingerprint density at radius 3 is 2.65 bits per heavy atom. The molecule has 3 nitrogen and oxygen atoms in total. The first-order valence-electron chi connectivity index (χ1n) is 7.15. The highest BCUT2D eigenvalue weighted by Gasteiger charge is 2.39. The van der Waals surface area contributed by atoms with Gasteiger partial charge in [-0.15, -0.1) is 0 Å². The third-order valence-corrected chi connectivity index (χ3v) is 4.64. The lowest BCUT2D eigenvalue weighted by atomic mass is 9.94. The Morgan fingerprint density at radius 1 is 1.35 bits per heavy atom. The number of likely N-dealkylation sites (N-methyl/N-ethyl adjacent to an activating group) is 1. The van der Waals surface area contributed by atoms with Crippen LogP contribution in [0.5, 0.6) is 0 Å². The van der Waals surface area contributed by atoms with Crippen LogP contribution in [0, 0.1) is 11.8 Å². The molecule has 2 unspecified atom stereocenters. The molecule has 2 atom stereocenters. The minimum atomic E-state index is 0.252. The molecule has 0 saturated heterocycles. The van der Waals surface area contributed by atoms with Gasteiger partial charge in [0.2, 0.25) is 0 Å². The van der Waals surface area contributed by atoms with Crippen LogP contribution in [0.1, 0.15) is 39.0 Å². The zero-order valence-corrected chi connectivity index (χ0v) is 11.5. The zero-order valence-electron chi connectivity index (χ0n) is 11.5. The van der Waals surface area contributed by atoms with E-state index in [4.69, 9.17) is 10.5 Å². The largest absolute Gasteiger partial charge is 0.380 e. The smallest absolute Gasteiger partial charge is 0.0593 e. The van der Waals surface area contributed by atoms with Crippen LogP contribution < -0.4 is 5.73 Å². The molecule has 2 saturated carbocycles. The van der Waals surface area contributed by atoms with Crippen molar-refractivity contribution in [1.82, 2.24) is 4.90 Å². The van der Waals surface area contributed by atoms with Gasteiger partial charge in [-0.1, -0.05) is 6.92 Å². The van der Waals surface area contributed by atoms with Crippen LogP contribution in [0.4, 0.5) is 0 Å². The van der Waals surface area contributed by atoms with Gasteiger partial charge in [0, 0.05) is 25.2 Å². The molecule has 3 heteroatoms. The van der Waals surface area contributed by atoms with E-state index in [9.17, 15) is 0 Å². The standard InChI is InChI=1S/C14H28N2O/c1-12-5-6-14(9-12,11-15)16(2)7-8-17-10-13-3-4-13/h12-13H,3-11,15H2,1-2H3. The Balaban J connectivity index is 1.70. The van der Waals surface area contributed by atoms with Crippen LogP contribution in [0.25, 0.3) is 0 Å². The fourth-order valence-corrected chi connectivity index (χ4v) is 3.03. The van der Waals surface area contributed by atoms with Gasteiger partial charge >= 0.3 is 0 Å². The topological polar surface area (TPSA) is 38.5 Å². The zero-order chi connectivity index (χ0) is 12.3. The van der Waals surface area contributed by atoms with E-state index >= 15 is 0 Å². The van der Waals surface area contributed by atoms with Gasteiger partial charge in [0.05, 0.1) is 6.61 Å². The van der Waals surface area contributed by atoms with Gasteiger partial charge in [0.25, 0.3) is 0 Å². The molecule has 0 amide bonds. The van der Waals surface area contributed by atoms with Crippen molar-refractivity contribution in [1.29, 1.82) is 0 Å². The second kappa shape index (κ2) is 5.68.